The van der Waals surface area contributed by atoms with Gasteiger partial charge in [0, 0.05) is 11.4 Å². The zero-order chi connectivity index (χ0) is 20.8. The van der Waals surface area contributed by atoms with Gasteiger partial charge in [-0.3, -0.25) is 4.79 Å². The van der Waals surface area contributed by atoms with Crippen molar-refractivity contribution in [2.75, 3.05) is 20.6 Å². The van der Waals surface area contributed by atoms with E-state index in [1.54, 1.807) is 11.3 Å². The number of ether oxygens (including phenoxy) is 1. The second-order valence-electron chi connectivity index (χ2n) is 7.21. The molecular weight excluding hydrogens is 386 g/mol. The number of amides is 1. The standard InChI is InChI=1S/C22H27N3O3S/c1-15-19(16(2)28-24-15)14-27-18-9-7-17(8-10-18)12-22(26)23-13-20(25(3)4)21-6-5-11-29-21/h5-11,20H,12-14H2,1-4H3,(H,23,26). The molecule has 1 unspecified atom stereocenters. The van der Waals surface area contributed by atoms with Crippen molar-refractivity contribution in [3.05, 3.63) is 69.2 Å². The molecule has 0 bridgehead atoms. The Balaban J connectivity index is 1.49. The third-order valence-electron chi connectivity index (χ3n) is 4.84. The fourth-order valence-corrected chi connectivity index (χ4v) is 3.97. The summed E-state index contributed by atoms with van der Waals surface area (Å²) < 4.78 is 11.0. The highest BCUT2D eigenvalue weighted by atomic mass is 32.1. The molecule has 0 fully saturated rings. The summed E-state index contributed by atoms with van der Waals surface area (Å²) in [5.74, 6) is 1.53. The molecule has 3 aromatic rings. The van der Waals surface area contributed by atoms with E-state index in [1.807, 2.05) is 58.3 Å². The van der Waals surface area contributed by atoms with Crippen LogP contribution in [-0.2, 0) is 17.8 Å². The van der Waals surface area contributed by atoms with Gasteiger partial charge in [0.15, 0.2) is 0 Å². The van der Waals surface area contributed by atoms with Crippen LogP contribution in [0.3, 0.4) is 0 Å². The van der Waals surface area contributed by atoms with Gasteiger partial charge in [-0.05, 0) is 57.1 Å². The fraction of sp³-hybridized carbons (Fsp3) is 0.364. The molecule has 1 N–H and O–H groups in total. The molecule has 3 rings (SSSR count). The number of nitrogens with zero attached hydrogens (tertiary/aromatic N) is 2. The maximum absolute atomic E-state index is 12.4. The molecule has 0 aliphatic rings. The molecule has 1 atom stereocenters. The van der Waals surface area contributed by atoms with E-state index in [-0.39, 0.29) is 11.9 Å². The number of hydrogen-bond acceptors (Lipinski definition) is 6. The van der Waals surface area contributed by atoms with E-state index in [9.17, 15) is 4.79 Å². The Labute approximate surface area is 175 Å². The molecule has 0 saturated carbocycles. The van der Waals surface area contributed by atoms with Crippen LogP contribution in [0.4, 0.5) is 0 Å². The number of carbonyl (C=O) groups is 1. The molecule has 6 nitrogen and oxygen atoms in total. The van der Waals surface area contributed by atoms with E-state index in [2.05, 4.69) is 26.8 Å². The maximum Gasteiger partial charge on any atom is 0.224 e. The number of benzene rings is 1. The number of likely N-dealkylation sites (N-methyl/N-ethyl adjacent to an activating group) is 1. The summed E-state index contributed by atoms with van der Waals surface area (Å²) in [6.07, 6.45) is 0.342. The van der Waals surface area contributed by atoms with Gasteiger partial charge in [-0.1, -0.05) is 23.4 Å². The summed E-state index contributed by atoms with van der Waals surface area (Å²) in [5.41, 5.74) is 2.76. The van der Waals surface area contributed by atoms with E-state index in [1.165, 1.54) is 4.88 Å². The molecule has 1 aromatic carbocycles. The topological polar surface area (TPSA) is 67.6 Å². The minimum absolute atomic E-state index is 0.0118. The summed E-state index contributed by atoms with van der Waals surface area (Å²) in [7, 11) is 4.05. The van der Waals surface area contributed by atoms with Crippen molar-refractivity contribution in [2.24, 2.45) is 0 Å². The SMILES string of the molecule is Cc1noc(C)c1COc1ccc(CC(=O)NCC(c2cccs2)N(C)C)cc1. The first kappa shape index (κ1) is 21.1. The molecule has 154 valence electrons. The third kappa shape index (κ3) is 5.68. The lowest BCUT2D eigenvalue weighted by Crippen LogP contribution is -2.34. The molecule has 0 aliphatic carbocycles. The Bertz CT molecular complexity index is 898. The van der Waals surface area contributed by atoms with Crippen molar-refractivity contribution in [3.63, 3.8) is 0 Å². The molecule has 2 heterocycles. The van der Waals surface area contributed by atoms with E-state index >= 15 is 0 Å². The monoisotopic (exact) mass is 413 g/mol. The molecule has 1 amide bonds. The van der Waals surface area contributed by atoms with Crippen LogP contribution in [-0.4, -0.2) is 36.6 Å². The van der Waals surface area contributed by atoms with Crippen LogP contribution in [0.2, 0.25) is 0 Å². The van der Waals surface area contributed by atoms with Gasteiger partial charge in [-0.15, -0.1) is 11.3 Å². The van der Waals surface area contributed by atoms with Crippen molar-refractivity contribution in [3.8, 4) is 5.75 Å². The fourth-order valence-electron chi connectivity index (χ4n) is 3.04. The summed E-state index contributed by atoms with van der Waals surface area (Å²) in [5, 5.41) is 9.04. The normalized spacial score (nSPS) is 12.2. The molecular formula is C22H27N3O3S. The second kappa shape index (κ2) is 9.71. The van der Waals surface area contributed by atoms with Gasteiger partial charge in [0.1, 0.15) is 18.1 Å². The van der Waals surface area contributed by atoms with Crippen LogP contribution in [0, 0.1) is 13.8 Å². The van der Waals surface area contributed by atoms with Crippen molar-refractivity contribution >= 4 is 17.2 Å². The number of hydrogen-bond donors (Lipinski definition) is 1. The van der Waals surface area contributed by atoms with Gasteiger partial charge in [-0.25, -0.2) is 0 Å². The Morgan fingerprint density at radius 1 is 1.24 bits per heavy atom. The number of rotatable bonds is 9. The largest absolute Gasteiger partial charge is 0.489 e. The minimum Gasteiger partial charge on any atom is -0.489 e. The Morgan fingerprint density at radius 2 is 2.00 bits per heavy atom. The number of aryl methyl sites for hydroxylation is 2. The summed E-state index contributed by atoms with van der Waals surface area (Å²) in [6.45, 7) is 4.77. The lowest BCUT2D eigenvalue weighted by Gasteiger charge is -2.23. The predicted molar refractivity (Wildman–Crippen MR) is 114 cm³/mol. The zero-order valence-corrected chi connectivity index (χ0v) is 18.1. The van der Waals surface area contributed by atoms with Gasteiger partial charge < -0.3 is 19.5 Å². The maximum atomic E-state index is 12.4. The number of thiophene rings is 1. The average Bonchev–Trinajstić information content (AvgIpc) is 3.32. The number of carbonyl (C=O) groups excluding carboxylic acids is 1. The molecule has 2 aromatic heterocycles. The quantitative estimate of drug-likeness (QED) is 0.576. The summed E-state index contributed by atoms with van der Waals surface area (Å²) in [4.78, 5) is 15.7. The van der Waals surface area contributed by atoms with Crippen LogP contribution in [0.25, 0.3) is 0 Å². The zero-order valence-electron chi connectivity index (χ0n) is 17.3. The predicted octanol–water partition coefficient (Wildman–Crippen LogP) is 3.89. The molecule has 7 heteroatoms. The molecule has 29 heavy (non-hydrogen) atoms. The van der Waals surface area contributed by atoms with Crippen molar-refractivity contribution in [1.82, 2.24) is 15.4 Å². The van der Waals surface area contributed by atoms with Crippen LogP contribution in [0.15, 0.2) is 46.3 Å². The molecule has 0 aliphatic heterocycles. The van der Waals surface area contributed by atoms with Gasteiger partial charge in [0.05, 0.1) is 23.7 Å². The number of aromatic nitrogens is 1. The van der Waals surface area contributed by atoms with Crippen molar-refractivity contribution in [2.45, 2.75) is 32.9 Å². The van der Waals surface area contributed by atoms with E-state index in [0.29, 0.717) is 19.6 Å². The smallest absolute Gasteiger partial charge is 0.224 e. The molecule has 0 spiro atoms. The van der Waals surface area contributed by atoms with E-state index < -0.39 is 0 Å². The highest BCUT2D eigenvalue weighted by Crippen LogP contribution is 2.22. The van der Waals surface area contributed by atoms with E-state index in [4.69, 9.17) is 9.26 Å². The lowest BCUT2D eigenvalue weighted by molar-refractivity contribution is -0.120. The van der Waals surface area contributed by atoms with Gasteiger partial charge >= 0.3 is 0 Å². The minimum atomic E-state index is 0.0118. The van der Waals surface area contributed by atoms with Gasteiger partial charge in [0.2, 0.25) is 5.91 Å². The van der Waals surface area contributed by atoms with Crippen LogP contribution in [0.5, 0.6) is 5.75 Å². The first-order valence-corrected chi connectivity index (χ1v) is 10.4. The van der Waals surface area contributed by atoms with Gasteiger partial charge in [-0.2, -0.15) is 0 Å². The van der Waals surface area contributed by atoms with E-state index in [0.717, 1.165) is 28.3 Å². The lowest BCUT2D eigenvalue weighted by atomic mass is 10.1. The molecule has 0 saturated heterocycles. The first-order valence-electron chi connectivity index (χ1n) is 9.54. The Morgan fingerprint density at radius 3 is 2.59 bits per heavy atom. The van der Waals surface area contributed by atoms with Crippen molar-refractivity contribution < 1.29 is 14.1 Å². The van der Waals surface area contributed by atoms with Crippen LogP contribution >= 0.6 is 11.3 Å². The summed E-state index contributed by atoms with van der Waals surface area (Å²) >= 11 is 1.71. The second-order valence-corrected chi connectivity index (χ2v) is 8.19. The number of nitrogens with one attached hydrogen (secondary N) is 1. The summed E-state index contributed by atoms with van der Waals surface area (Å²) in [6, 6.07) is 11.9. The third-order valence-corrected chi connectivity index (χ3v) is 5.81. The highest BCUT2D eigenvalue weighted by molar-refractivity contribution is 7.10. The van der Waals surface area contributed by atoms with Crippen LogP contribution in [0.1, 0.15) is 33.5 Å². The first-order chi connectivity index (χ1) is 13.9. The highest BCUT2D eigenvalue weighted by Gasteiger charge is 2.16. The molecule has 0 radical (unpaired) electrons. The Kier molecular flexibility index (Phi) is 7.06. The average molecular weight is 414 g/mol. The Hall–Kier alpha value is -2.64. The van der Waals surface area contributed by atoms with Crippen LogP contribution < -0.4 is 10.1 Å². The van der Waals surface area contributed by atoms with Gasteiger partial charge in [0.25, 0.3) is 0 Å². The van der Waals surface area contributed by atoms with Crippen molar-refractivity contribution in [1.29, 1.82) is 0 Å².